The molecule has 20 heavy (non-hydrogen) atoms. The molecule has 5 heteroatoms. The van der Waals surface area contributed by atoms with E-state index in [4.69, 9.17) is 4.98 Å². The van der Waals surface area contributed by atoms with E-state index in [9.17, 15) is 0 Å². The highest BCUT2D eigenvalue weighted by atomic mass is 15.1. The molecule has 2 aromatic rings. The maximum atomic E-state index is 4.69. The van der Waals surface area contributed by atoms with Gasteiger partial charge in [-0.3, -0.25) is 4.90 Å². The first-order valence-corrected chi connectivity index (χ1v) is 7.31. The maximum absolute atomic E-state index is 4.69. The van der Waals surface area contributed by atoms with Crippen molar-refractivity contribution in [1.29, 1.82) is 0 Å². The monoisotopic (exact) mass is 271 g/mol. The number of hydrogen-bond donors (Lipinski definition) is 1. The van der Waals surface area contributed by atoms with Crippen LogP contribution in [0.2, 0.25) is 0 Å². The minimum Gasteiger partial charge on any atom is -0.348 e. The molecule has 0 aliphatic carbocycles. The largest absolute Gasteiger partial charge is 0.348 e. The molecule has 0 aromatic carbocycles. The number of aryl methyl sites for hydroxylation is 2. The molecule has 2 aromatic heterocycles. The van der Waals surface area contributed by atoms with Crippen molar-refractivity contribution in [3.8, 4) is 0 Å². The summed E-state index contributed by atoms with van der Waals surface area (Å²) in [4.78, 5) is 19.1. The molecule has 0 saturated carbocycles. The van der Waals surface area contributed by atoms with Gasteiger partial charge in [-0.1, -0.05) is 6.92 Å². The number of fused-ring (bicyclic) bond motifs is 1. The first-order valence-electron chi connectivity index (χ1n) is 7.31. The van der Waals surface area contributed by atoms with Crippen LogP contribution in [0.4, 0.5) is 0 Å². The van der Waals surface area contributed by atoms with Gasteiger partial charge < -0.3 is 4.98 Å². The van der Waals surface area contributed by atoms with Gasteiger partial charge in [0, 0.05) is 55.6 Å². The van der Waals surface area contributed by atoms with E-state index in [1.807, 2.05) is 6.20 Å². The van der Waals surface area contributed by atoms with Crippen molar-refractivity contribution in [1.82, 2.24) is 24.8 Å². The summed E-state index contributed by atoms with van der Waals surface area (Å²) >= 11 is 0. The average molecular weight is 271 g/mol. The van der Waals surface area contributed by atoms with E-state index in [0.29, 0.717) is 0 Å². The van der Waals surface area contributed by atoms with Gasteiger partial charge in [0.05, 0.1) is 12.0 Å². The lowest BCUT2D eigenvalue weighted by Gasteiger charge is -2.27. The van der Waals surface area contributed by atoms with Crippen molar-refractivity contribution in [3.63, 3.8) is 0 Å². The predicted octanol–water partition coefficient (Wildman–Crippen LogP) is 2.02. The van der Waals surface area contributed by atoms with Crippen LogP contribution in [0, 0.1) is 6.92 Å². The molecule has 5 nitrogen and oxygen atoms in total. The SMILES string of the molecule is CCCc1ncc2c(n1)CCN(Cc1nc[nH]c1C)C2. The normalized spacial score (nSPS) is 15.3. The van der Waals surface area contributed by atoms with Gasteiger partial charge in [0.1, 0.15) is 5.82 Å². The third kappa shape index (κ3) is 2.72. The first kappa shape index (κ1) is 13.2. The smallest absolute Gasteiger partial charge is 0.128 e. The number of hydrogen-bond acceptors (Lipinski definition) is 4. The number of nitrogens with one attached hydrogen (secondary N) is 1. The molecule has 0 saturated heterocycles. The summed E-state index contributed by atoms with van der Waals surface area (Å²) in [5, 5.41) is 0. The van der Waals surface area contributed by atoms with Crippen LogP contribution < -0.4 is 0 Å². The number of rotatable bonds is 4. The molecule has 0 radical (unpaired) electrons. The van der Waals surface area contributed by atoms with Crippen LogP contribution in [0.25, 0.3) is 0 Å². The molecular weight excluding hydrogens is 250 g/mol. The second-order valence-corrected chi connectivity index (χ2v) is 5.44. The summed E-state index contributed by atoms with van der Waals surface area (Å²) in [6.45, 7) is 7.10. The molecule has 0 amide bonds. The summed E-state index contributed by atoms with van der Waals surface area (Å²) in [5.74, 6) is 0.989. The van der Waals surface area contributed by atoms with Crippen LogP contribution in [0.3, 0.4) is 0 Å². The van der Waals surface area contributed by atoms with Gasteiger partial charge in [0.2, 0.25) is 0 Å². The fourth-order valence-electron chi connectivity index (χ4n) is 2.65. The number of imidazole rings is 1. The topological polar surface area (TPSA) is 57.7 Å². The van der Waals surface area contributed by atoms with Gasteiger partial charge in [0.25, 0.3) is 0 Å². The van der Waals surface area contributed by atoms with Crippen LogP contribution in [-0.2, 0) is 25.9 Å². The van der Waals surface area contributed by atoms with E-state index in [1.54, 1.807) is 6.33 Å². The van der Waals surface area contributed by atoms with Gasteiger partial charge in [0.15, 0.2) is 0 Å². The quantitative estimate of drug-likeness (QED) is 0.924. The summed E-state index contributed by atoms with van der Waals surface area (Å²) < 4.78 is 0. The molecule has 1 aliphatic rings. The van der Waals surface area contributed by atoms with E-state index in [1.165, 1.54) is 11.3 Å². The summed E-state index contributed by atoms with van der Waals surface area (Å²) in [7, 11) is 0. The Hall–Kier alpha value is -1.75. The summed E-state index contributed by atoms with van der Waals surface area (Å²) in [5.41, 5.74) is 4.80. The van der Waals surface area contributed by atoms with E-state index in [-0.39, 0.29) is 0 Å². The van der Waals surface area contributed by atoms with Crippen LogP contribution in [0.1, 0.15) is 41.8 Å². The Balaban J connectivity index is 1.71. The lowest BCUT2D eigenvalue weighted by atomic mass is 10.1. The molecule has 3 heterocycles. The third-order valence-electron chi connectivity index (χ3n) is 3.84. The lowest BCUT2D eigenvalue weighted by molar-refractivity contribution is 0.239. The van der Waals surface area contributed by atoms with Crippen molar-refractivity contribution >= 4 is 0 Å². The zero-order chi connectivity index (χ0) is 13.9. The minimum absolute atomic E-state index is 0.894. The molecule has 0 atom stereocenters. The second kappa shape index (κ2) is 5.71. The average Bonchev–Trinajstić information content (AvgIpc) is 2.85. The Bertz CT molecular complexity index is 590. The molecule has 1 aliphatic heterocycles. The van der Waals surface area contributed by atoms with Gasteiger partial charge >= 0.3 is 0 Å². The van der Waals surface area contributed by atoms with Crippen LogP contribution >= 0.6 is 0 Å². The van der Waals surface area contributed by atoms with Crippen molar-refractivity contribution in [2.75, 3.05) is 6.54 Å². The Morgan fingerprint density at radius 2 is 2.25 bits per heavy atom. The zero-order valence-corrected chi connectivity index (χ0v) is 12.2. The van der Waals surface area contributed by atoms with Crippen LogP contribution in [0.15, 0.2) is 12.5 Å². The van der Waals surface area contributed by atoms with Gasteiger partial charge in [-0.25, -0.2) is 15.0 Å². The van der Waals surface area contributed by atoms with E-state index >= 15 is 0 Å². The number of nitrogens with zero attached hydrogens (tertiary/aromatic N) is 4. The molecule has 3 rings (SSSR count). The third-order valence-corrected chi connectivity index (χ3v) is 3.84. The zero-order valence-electron chi connectivity index (χ0n) is 12.2. The predicted molar refractivity (Wildman–Crippen MR) is 77.2 cm³/mol. The van der Waals surface area contributed by atoms with Gasteiger partial charge in [-0.2, -0.15) is 0 Å². The Morgan fingerprint density at radius 1 is 1.35 bits per heavy atom. The van der Waals surface area contributed by atoms with Crippen LogP contribution in [0.5, 0.6) is 0 Å². The fourth-order valence-corrected chi connectivity index (χ4v) is 2.65. The van der Waals surface area contributed by atoms with Gasteiger partial charge in [-0.15, -0.1) is 0 Å². The number of aromatic nitrogens is 4. The van der Waals surface area contributed by atoms with Gasteiger partial charge in [-0.05, 0) is 13.3 Å². The maximum Gasteiger partial charge on any atom is 0.128 e. The minimum atomic E-state index is 0.894. The highest BCUT2D eigenvalue weighted by Crippen LogP contribution is 2.19. The first-order chi connectivity index (χ1) is 9.76. The van der Waals surface area contributed by atoms with E-state index < -0.39 is 0 Å². The summed E-state index contributed by atoms with van der Waals surface area (Å²) in [6.07, 6.45) is 6.87. The van der Waals surface area contributed by atoms with E-state index in [0.717, 1.165) is 56.1 Å². The molecule has 0 spiro atoms. The summed E-state index contributed by atoms with van der Waals surface area (Å²) in [6, 6.07) is 0. The second-order valence-electron chi connectivity index (χ2n) is 5.44. The molecule has 0 bridgehead atoms. The van der Waals surface area contributed by atoms with Crippen molar-refractivity contribution in [2.24, 2.45) is 0 Å². The lowest BCUT2D eigenvalue weighted by Crippen LogP contribution is -2.31. The Kier molecular flexibility index (Phi) is 3.78. The molecule has 0 fully saturated rings. The Morgan fingerprint density at radius 3 is 3.00 bits per heavy atom. The van der Waals surface area contributed by atoms with E-state index in [2.05, 4.69) is 33.7 Å². The molecule has 106 valence electrons. The molecule has 0 unspecified atom stereocenters. The van der Waals surface area contributed by atoms with Crippen molar-refractivity contribution in [2.45, 2.75) is 46.2 Å². The number of aromatic amines is 1. The Labute approximate surface area is 119 Å². The number of H-pyrrole nitrogens is 1. The molecule has 1 N–H and O–H groups in total. The molecular formula is C15H21N5. The van der Waals surface area contributed by atoms with Crippen molar-refractivity contribution in [3.05, 3.63) is 41.0 Å². The van der Waals surface area contributed by atoms with Crippen LogP contribution in [-0.4, -0.2) is 31.4 Å². The fraction of sp³-hybridized carbons (Fsp3) is 0.533. The van der Waals surface area contributed by atoms with Crippen molar-refractivity contribution < 1.29 is 0 Å². The highest BCUT2D eigenvalue weighted by molar-refractivity contribution is 5.21. The highest BCUT2D eigenvalue weighted by Gasteiger charge is 2.19. The standard InChI is InChI=1S/C15H21N5/c1-3-4-15-16-7-12-8-20(6-5-13(12)19-15)9-14-11(2)17-10-18-14/h7,10H,3-6,8-9H2,1-2H3,(H,17,18).